The van der Waals surface area contributed by atoms with Crippen molar-refractivity contribution in [2.24, 2.45) is 11.3 Å². The molecular weight excluding hydrogens is 264 g/mol. The zero-order valence-electron chi connectivity index (χ0n) is 12.7. The van der Waals surface area contributed by atoms with Crippen LogP contribution in [0.3, 0.4) is 0 Å². The largest absolute Gasteiger partial charge is 0.481 e. The number of rotatable bonds is 6. The Morgan fingerprint density at radius 3 is 2.26 bits per heavy atom. The molecule has 0 bridgehead atoms. The molecule has 0 rings (SSSR count). The van der Waals surface area contributed by atoms with Gasteiger partial charge in [0.2, 0.25) is 0 Å². The molecule has 0 aromatic heterocycles. The number of urea groups is 1. The fraction of sp³-hybridized carbons (Fsp3) is 0.846. The first-order valence-corrected chi connectivity index (χ1v) is 7.63. The molecule has 0 aliphatic carbocycles. The molecule has 0 aromatic rings. The lowest BCUT2D eigenvalue weighted by atomic mass is 9.91. The van der Waals surface area contributed by atoms with Gasteiger partial charge in [0, 0.05) is 25.4 Å². The topological polar surface area (TPSA) is 69.6 Å². The molecule has 0 aliphatic heterocycles. The van der Waals surface area contributed by atoms with Crippen LogP contribution in [0.5, 0.6) is 0 Å². The molecule has 0 heterocycles. The van der Waals surface area contributed by atoms with Crippen LogP contribution in [-0.2, 0) is 4.79 Å². The molecule has 0 saturated carbocycles. The van der Waals surface area contributed by atoms with Gasteiger partial charge >= 0.3 is 12.0 Å². The van der Waals surface area contributed by atoms with E-state index in [1.807, 2.05) is 6.26 Å². The van der Waals surface area contributed by atoms with Gasteiger partial charge in [0.05, 0.1) is 5.92 Å². The molecule has 2 N–H and O–H groups in total. The number of carbonyl (C=O) groups is 2. The molecule has 112 valence electrons. The van der Waals surface area contributed by atoms with Crippen LogP contribution in [0.15, 0.2) is 0 Å². The standard InChI is InChI=1S/C13H26N2O3S/c1-9(11(16)17)8-15(5)12(18)14-7-10(19-6)13(2,3)4/h9-10H,7-8H2,1-6H3,(H,14,18)(H,16,17). The number of nitrogens with one attached hydrogen (secondary N) is 1. The zero-order valence-corrected chi connectivity index (χ0v) is 13.5. The third-order valence-corrected chi connectivity index (χ3v) is 4.45. The molecule has 5 nitrogen and oxygen atoms in total. The van der Waals surface area contributed by atoms with E-state index in [2.05, 4.69) is 26.1 Å². The number of nitrogens with zero attached hydrogens (tertiary/aromatic N) is 1. The van der Waals surface area contributed by atoms with E-state index in [4.69, 9.17) is 5.11 Å². The summed E-state index contributed by atoms with van der Waals surface area (Å²) >= 11 is 1.72. The molecule has 19 heavy (non-hydrogen) atoms. The third-order valence-electron chi connectivity index (χ3n) is 3.01. The molecule has 0 saturated heterocycles. The number of carbonyl (C=O) groups excluding carboxylic acids is 1. The highest BCUT2D eigenvalue weighted by atomic mass is 32.2. The Bertz CT molecular complexity index is 316. The van der Waals surface area contributed by atoms with Crippen molar-refractivity contribution in [3.63, 3.8) is 0 Å². The van der Waals surface area contributed by atoms with Gasteiger partial charge in [-0.3, -0.25) is 4.79 Å². The minimum absolute atomic E-state index is 0.111. The van der Waals surface area contributed by atoms with Crippen molar-refractivity contribution in [2.75, 3.05) is 26.4 Å². The molecule has 2 unspecified atom stereocenters. The van der Waals surface area contributed by atoms with Gasteiger partial charge in [-0.25, -0.2) is 4.79 Å². The second kappa shape index (κ2) is 7.62. The summed E-state index contributed by atoms with van der Waals surface area (Å²) in [7, 11) is 1.61. The highest BCUT2D eigenvalue weighted by molar-refractivity contribution is 7.99. The number of hydrogen-bond acceptors (Lipinski definition) is 3. The van der Waals surface area contributed by atoms with Crippen molar-refractivity contribution in [1.82, 2.24) is 10.2 Å². The predicted molar refractivity (Wildman–Crippen MR) is 79.6 cm³/mol. The maximum atomic E-state index is 11.9. The Labute approximate surface area is 120 Å². The second-order valence-corrected chi connectivity index (χ2v) is 6.94. The minimum atomic E-state index is -0.892. The average molecular weight is 290 g/mol. The first kappa shape index (κ1) is 18.1. The smallest absolute Gasteiger partial charge is 0.317 e. The quantitative estimate of drug-likeness (QED) is 0.786. The first-order valence-electron chi connectivity index (χ1n) is 6.34. The Morgan fingerprint density at radius 2 is 1.89 bits per heavy atom. The van der Waals surface area contributed by atoms with E-state index in [1.165, 1.54) is 4.90 Å². The maximum absolute atomic E-state index is 11.9. The molecular formula is C13H26N2O3S. The summed E-state index contributed by atoms with van der Waals surface area (Å²) < 4.78 is 0. The molecule has 0 aromatic carbocycles. The van der Waals surface area contributed by atoms with Gasteiger partial charge in [0.25, 0.3) is 0 Å². The van der Waals surface area contributed by atoms with Crippen LogP contribution in [0, 0.1) is 11.3 Å². The third kappa shape index (κ3) is 6.71. The molecule has 2 amide bonds. The molecule has 0 spiro atoms. The van der Waals surface area contributed by atoms with Gasteiger partial charge in [0.15, 0.2) is 0 Å². The summed E-state index contributed by atoms with van der Waals surface area (Å²) in [5.41, 5.74) is 0.111. The number of thioether (sulfide) groups is 1. The van der Waals surface area contributed by atoms with Crippen molar-refractivity contribution in [3.05, 3.63) is 0 Å². The summed E-state index contributed by atoms with van der Waals surface area (Å²) in [6.07, 6.45) is 2.03. The summed E-state index contributed by atoms with van der Waals surface area (Å²) in [4.78, 5) is 24.0. The predicted octanol–water partition coefficient (Wildman–Crippen LogP) is 2.13. The SMILES string of the molecule is CSC(CNC(=O)N(C)CC(C)C(=O)O)C(C)(C)C. The Morgan fingerprint density at radius 1 is 1.37 bits per heavy atom. The van der Waals surface area contributed by atoms with Gasteiger partial charge in [-0.2, -0.15) is 11.8 Å². The van der Waals surface area contributed by atoms with E-state index in [0.717, 1.165) is 0 Å². The van der Waals surface area contributed by atoms with Crippen molar-refractivity contribution in [1.29, 1.82) is 0 Å². The van der Waals surface area contributed by atoms with Crippen LogP contribution in [-0.4, -0.2) is 53.6 Å². The molecule has 6 heteroatoms. The van der Waals surface area contributed by atoms with Crippen molar-refractivity contribution < 1.29 is 14.7 Å². The summed E-state index contributed by atoms with van der Waals surface area (Å²) in [5.74, 6) is -1.45. The van der Waals surface area contributed by atoms with E-state index in [-0.39, 0.29) is 18.0 Å². The van der Waals surface area contributed by atoms with Gasteiger partial charge in [0.1, 0.15) is 0 Å². The fourth-order valence-corrected chi connectivity index (χ4v) is 2.59. The monoisotopic (exact) mass is 290 g/mol. The number of hydrogen-bond donors (Lipinski definition) is 2. The molecule has 0 fully saturated rings. The lowest BCUT2D eigenvalue weighted by Gasteiger charge is -2.30. The average Bonchev–Trinajstić information content (AvgIpc) is 2.27. The van der Waals surface area contributed by atoms with Crippen LogP contribution >= 0.6 is 11.8 Å². The second-order valence-electron chi connectivity index (χ2n) is 5.90. The van der Waals surface area contributed by atoms with Crippen LogP contribution in [0.2, 0.25) is 0 Å². The van der Waals surface area contributed by atoms with Gasteiger partial charge < -0.3 is 15.3 Å². The van der Waals surface area contributed by atoms with E-state index in [0.29, 0.717) is 11.8 Å². The lowest BCUT2D eigenvalue weighted by molar-refractivity contribution is -0.141. The zero-order chi connectivity index (χ0) is 15.2. The van der Waals surface area contributed by atoms with E-state index < -0.39 is 11.9 Å². The molecule has 0 aliphatic rings. The number of carboxylic acids is 1. The Kier molecular flexibility index (Phi) is 7.26. The van der Waals surface area contributed by atoms with E-state index in [9.17, 15) is 9.59 Å². The lowest BCUT2D eigenvalue weighted by Crippen LogP contribution is -2.44. The van der Waals surface area contributed by atoms with Crippen molar-refractivity contribution in [2.45, 2.75) is 32.9 Å². The first-order chi connectivity index (χ1) is 8.59. The minimum Gasteiger partial charge on any atom is -0.481 e. The number of carboxylic acid groups (broad SMARTS) is 1. The normalized spacial score (nSPS) is 14.6. The van der Waals surface area contributed by atoms with Crippen LogP contribution in [0.4, 0.5) is 4.79 Å². The van der Waals surface area contributed by atoms with Crippen LogP contribution in [0.25, 0.3) is 0 Å². The Balaban J connectivity index is 4.27. The van der Waals surface area contributed by atoms with Gasteiger partial charge in [-0.1, -0.05) is 27.7 Å². The molecule has 2 atom stereocenters. The van der Waals surface area contributed by atoms with E-state index >= 15 is 0 Å². The Hall–Kier alpha value is -0.910. The van der Waals surface area contributed by atoms with E-state index in [1.54, 1.807) is 25.7 Å². The summed E-state index contributed by atoms with van der Waals surface area (Å²) in [6.45, 7) is 8.78. The van der Waals surface area contributed by atoms with Crippen LogP contribution in [0.1, 0.15) is 27.7 Å². The summed E-state index contributed by atoms with van der Waals surface area (Å²) in [5, 5.41) is 12.0. The highest BCUT2D eigenvalue weighted by Gasteiger charge is 2.25. The number of amides is 2. The summed E-state index contributed by atoms with van der Waals surface area (Å²) in [6, 6.07) is -0.226. The fourth-order valence-electron chi connectivity index (χ4n) is 1.63. The molecule has 0 radical (unpaired) electrons. The van der Waals surface area contributed by atoms with Crippen LogP contribution < -0.4 is 5.32 Å². The van der Waals surface area contributed by atoms with Gasteiger partial charge in [-0.05, 0) is 11.7 Å². The van der Waals surface area contributed by atoms with Crippen molar-refractivity contribution >= 4 is 23.8 Å². The van der Waals surface area contributed by atoms with Gasteiger partial charge in [-0.15, -0.1) is 0 Å². The number of aliphatic carboxylic acids is 1. The highest BCUT2D eigenvalue weighted by Crippen LogP contribution is 2.28. The van der Waals surface area contributed by atoms with Crippen molar-refractivity contribution in [3.8, 4) is 0 Å². The maximum Gasteiger partial charge on any atom is 0.317 e.